The summed E-state index contributed by atoms with van der Waals surface area (Å²) in [6.07, 6.45) is 1.53. The minimum Gasteiger partial charge on any atom is -0.330 e. The molecule has 80 valence electrons. The van der Waals surface area contributed by atoms with Crippen molar-refractivity contribution >= 4 is 22.6 Å². The maximum Gasteiger partial charge on any atom is 0.191 e. The lowest BCUT2D eigenvalue weighted by atomic mass is 10.2. The number of nitrogens with zero attached hydrogens (tertiary/aromatic N) is 2. The number of H-pyrrole nitrogens is 2. The molecule has 0 saturated heterocycles. The van der Waals surface area contributed by atoms with E-state index in [1.54, 1.807) is 12.1 Å². The SMILES string of the molecule is Fc1ccc(-c2n[nH]c3ncc(Cl)cc23)[nH]1. The van der Waals surface area contributed by atoms with Gasteiger partial charge in [0.1, 0.15) is 5.69 Å². The van der Waals surface area contributed by atoms with Gasteiger partial charge in [0, 0.05) is 11.6 Å². The molecule has 0 amide bonds. The number of nitrogens with one attached hydrogen (secondary N) is 2. The first kappa shape index (κ1) is 9.35. The van der Waals surface area contributed by atoms with Crippen LogP contribution in [0.25, 0.3) is 22.4 Å². The van der Waals surface area contributed by atoms with Crippen LogP contribution in [0, 0.1) is 5.95 Å². The second-order valence-electron chi connectivity index (χ2n) is 3.34. The average molecular weight is 237 g/mol. The van der Waals surface area contributed by atoms with Gasteiger partial charge < -0.3 is 4.98 Å². The van der Waals surface area contributed by atoms with Gasteiger partial charge in [-0.05, 0) is 18.2 Å². The molecule has 0 radical (unpaired) electrons. The zero-order chi connectivity index (χ0) is 11.1. The fraction of sp³-hybridized carbons (Fsp3) is 0. The molecule has 2 N–H and O–H groups in total. The first-order valence-electron chi connectivity index (χ1n) is 4.58. The summed E-state index contributed by atoms with van der Waals surface area (Å²) in [5.74, 6) is -0.402. The third-order valence-electron chi connectivity index (χ3n) is 2.29. The van der Waals surface area contributed by atoms with E-state index < -0.39 is 5.95 Å². The topological polar surface area (TPSA) is 57.4 Å². The van der Waals surface area contributed by atoms with Gasteiger partial charge in [0.15, 0.2) is 11.6 Å². The number of rotatable bonds is 1. The first-order chi connectivity index (χ1) is 7.74. The Kier molecular flexibility index (Phi) is 1.94. The molecule has 3 aromatic heterocycles. The number of halogens is 2. The van der Waals surface area contributed by atoms with E-state index in [1.165, 1.54) is 12.3 Å². The number of aromatic nitrogens is 4. The van der Waals surface area contributed by atoms with Crippen molar-refractivity contribution in [2.24, 2.45) is 0 Å². The Morgan fingerprint density at radius 2 is 2.19 bits per heavy atom. The summed E-state index contributed by atoms with van der Waals surface area (Å²) in [7, 11) is 0. The van der Waals surface area contributed by atoms with E-state index >= 15 is 0 Å². The van der Waals surface area contributed by atoms with Crippen LogP contribution in [-0.4, -0.2) is 20.2 Å². The molecule has 0 atom stereocenters. The fourth-order valence-corrected chi connectivity index (χ4v) is 1.75. The number of aromatic amines is 2. The highest BCUT2D eigenvalue weighted by molar-refractivity contribution is 6.31. The predicted molar refractivity (Wildman–Crippen MR) is 58.6 cm³/mol. The fourth-order valence-electron chi connectivity index (χ4n) is 1.59. The summed E-state index contributed by atoms with van der Waals surface area (Å²) >= 11 is 5.85. The van der Waals surface area contributed by atoms with Crippen LogP contribution in [0.15, 0.2) is 24.4 Å². The minimum absolute atomic E-state index is 0.402. The van der Waals surface area contributed by atoms with E-state index in [4.69, 9.17) is 11.6 Å². The molecular formula is C10H6ClFN4. The number of pyridine rings is 1. The van der Waals surface area contributed by atoms with Gasteiger partial charge in [-0.3, -0.25) is 5.10 Å². The van der Waals surface area contributed by atoms with Crippen LogP contribution in [0.5, 0.6) is 0 Å². The van der Waals surface area contributed by atoms with E-state index in [9.17, 15) is 4.39 Å². The lowest BCUT2D eigenvalue weighted by Gasteiger charge is -1.93. The predicted octanol–water partition coefficient (Wildman–Crippen LogP) is 2.75. The van der Waals surface area contributed by atoms with Crippen LogP contribution < -0.4 is 0 Å². The molecular weight excluding hydrogens is 231 g/mol. The summed E-state index contributed by atoms with van der Waals surface area (Å²) in [4.78, 5) is 6.65. The Morgan fingerprint density at radius 3 is 2.94 bits per heavy atom. The van der Waals surface area contributed by atoms with Gasteiger partial charge >= 0.3 is 0 Å². The minimum atomic E-state index is -0.402. The first-order valence-corrected chi connectivity index (χ1v) is 4.96. The molecule has 0 aliphatic rings. The highest BCUT2D eigenvalue weighted by Gasteiger charge is 2.11. The summed E-state index contributed by atoms with van der Waals surface area (Å²) in [6.45, 7) is 0. The lowest BCUT2D eigenvalue weighted by Crippen LogP contribution is -1.80. The van der Waals surface area contributed by atoms with Crippen molar-refractivity contribution in [1.82, 2.24) is 20.2 Å². The van der Waals surface area contributed by atoms with Gasteiger partial charge in [-0.2, -0.15) is 9.49 Å². The van der Waals surface area contributed by atoms with Gasteiger partial charge in [-0.1, -0.05) is 11.6 Å². The number of fused-ring (bicyclic) bond motifs is 1. The molecule has 16 heavy (non-hydrogen) atoms. The van der Waals surface area contributed by atoms with E-state index in [2.05, 4.69) is 20.2 Å². The molecule has 0 spiro atoms. The van der Waals surface area contributed by atoms with Crippen LogP contribution in [0.1, 0.15) is 0 Å². The van der Waals surface area contributed by atoms with Gasteiger partial charge in [-0.15, -0.1) is 0 Å². The van der Waals surface area contributed by atoms with Crippen LogP contribution in [0.4, 0.5) is 4.39 Å². The smallest absolute Gasteiger partial charge is 0.191 e. The lowest BCUT2D eigenvalue weighted by molar-refractivity contribution is 0.592. The number of hydrogen-bond acceptors (Lipinski definition) is 2. The van der Waals surface area contributed by atoms with Crippen LogP contribution in [0.2, 0.25) is 5.02 Å². The largest absolute Gasteiger partial charge is 0.330 e. The van der Waals surface area contributed by atoms with Crippen molar-refractivity contribution in [2.75, 3.05) is 0 Å². The van der Waals surface area contributed by atoms with Gasteiger partial charge in [0.25, 0.3) is 0 Å². The van der Waals surface area contributed by atoms with Crippen molar-refractivity contribution in [3.05, 3.63) is 35.4 Å². The second-order valence-corrected chi connectivity index (χ2v) is 3.78. The normalized spacial score (nSPS) is 11.1. The van der Waals surface area contributed by atoms with E-state index in [1.807, 2.05) is 0 Å². The summed E-state index contributed by atoms with van der Waals surface area (Å²) in [5.41, 5.74) is 1.82. The molecule has 0 unspecified atom stereocenters. The second kappa shape index (κ2) is 3.31. The molecule has 0 bridgehead atoms. The molecule has 3 rings (SSSR count). The van der Waals surface area contributed by atoms with Crippen LogP contribution in [-0.2, 0) is 0 Å². The summed E-state index contributed by atoms with van der Waals surface area (Å²) < 4.78 is 12.9. The van der Waals surface area contributed by atoms with E-state index in [0.29, 0.717) is 22.1 Å². The van der Waals surface area contributed by atoms with Crippen molar-refractivity contribution < 1.29 is 4.39 Å². The van der Waals surface area contributed by atoms with Gasteiger partial charge in [0.05, 0.1) is 10.7 Å². The molecule has 6 heteroatoms. The highest BCUT2D eigenvalue weighted by atomic mass is 35.5. The molecule has 0 aliphatic carbocycles. The zero-order valence-corrected chi connectivity index (χ0v) is 8.72. The molecule has 4 nitrogen and oxygen atoms in total. The third-order valence-corrected chi connectivity index (χ3v) is 2.50. The Bertz CT molecular complexity index is 658. The summed E-state index contributed by atoms with van der Waals surface area (Å²) in [6, 6.07) is 4.70. The third kappa shape index (κ3) is 1.37. The van der Waals surface area contributed by atoms with Crippen LogP contribution >= 0.6 is 11.6 Å². The molecule has 0 fully saturated rings. The Labute approximate surface area is 94.5 Å². The summed E-state index contributed by atoms with van der Waals surface area (Å²) in [5, 5.41) is 8.11. The molecule has 0 aromatic carbocycles. The standard InChI is InChI=1S/C10H6ClFN4/c11-5-3-6-9(7-1-2-8(12)14-7)15-16-10(6)13-4-5/h1-4,14H,(H,13,15,16). The van der Waals surface area contributed by atoms with E-state index in [-0.39, 0.29) is 0 Å². The van der Waals surface area contributed by atoms with Crippen LogP contribution in [0.3, 0.4) is 0 Å². The van der Waals surface area contributed by atoms with Crippen molar-refractivity contribution in [3.63, 3.8) is 0 Å². The molecule has 3 heterocycles. The highest BCUT2D eigenvalue weighted by Crippen LogP contribution is 2.26. The van der Waals surface area contributed by atoms with Crippen molar-refractivity contribution in [1.29, 1.82) is 0 Å². The number of hydrogen-bond donors (Lipinski definition) is 2. The molecule has 0 aliphatic heterocycles. The maximum atomic E-state index is 12.9. The quantitative estimate of drug-likeness (QED) is 0.683. The maximum absolute atomic E-state index is 12.9. The Morgan fingerprint density at radius 1 is 1.31 bits per heavy atom. The molecule has 0 saturated carbocycles. The van der Waals surface area contributed by atoms with Crippen molar-refractivity contribution in [3.8, 4) is 11.4 Å². The zero-order valence-electron chi connectivity index (χ0n) is 7.96. The Hall–Kier alpha value is -1.88. The Balaban J connectivity index is 2.27. The monoisotopic (exact) mass is 236 g/mol. The molecule has 3 aromatic rings. The van der Waals surface area contributed by atoms with Gasteiger partial charge in [0.2, 0.25) is 0 Å². The average Bonchev–Trinajstić information content (AvgIpc) is 2.83. The van der Waals surface area contributed by atoms with E-state index in [0.717, 1.165) is 5.39 Å². The van der Waals surface area contributed by atoms with Crippen molar-refractivity contribution in [2.45, 2.75) is 0 Å². The van der Waals surface area contributed by atoms with Gasteiger partial charge in [-0.25, -0.2) is 4.98 Å².